The lowest BCUT2D eigenvalue weighted by Crippen LogP contribution is -2.06. The molecule has 0 aliphatic carbocycles. The summed E-state index contributed by atoms with van der Waals surface area (Å²) in [5.41, 5.74) is 1.39. The third-order valence-electron chi connectivity index (χ3n) is 3.13. The van der Waals surface area contributed by atoms with Gasteiger partial charge in [0.1, 0.15) is 17.0 Å². The lowest BCUT2D eigenvalue weighted by molar-refractivity contribution is -0.115. The normalized spacial score (nSPS) is 9.81. The van der Waals surface area contributed by atoms with Crippen molar-refractivity contribution < 1.29 is 14.3 Å². The first-order chi connectivity index (χ1) is 12.5. The van der Waals surface area contributed by atoms with Crippen molar-refractivity contribution >= 4 is 45.4 Å². The molecule has 0 saturated carbocycles. The minimum atomic E-state index is -0.314. The van der Waals surface area contributed by atoms with Gasteiger partial charge >= 0.3 is 5.97 Å². The summed E-state index contributed by atoms with van der Waals surface area (Å²) >= 11 is 1.57. The van der Waals surface area contributed by atoms with Crippen LogP contribution in [0.1, 0.15) is 17.3 Å². The van der Waals surface area contributed by atoms with Crippen molar-refractivity contribution in [1.29, 1.82) is 0 Å². The molecule has 8 heteroatoms. The summed E-state index contributed by atoms with van der Waals surface area (Å²) in [6.45, 7) is 2.16. The molecule has 0 radical (unpaired) electrons. The highest BCUT2D eigenvalue weighted by molar-refractivity contribution is 7.16. The number of carbonyl (C=O) groups is 2. The topological polar surface area (TPSA) is 84.4 Å². The van der Waals surface area contributed by atoms with E-state index in [1.54, 1.807) is 44.5 Å². The fourth-order valence-corrected chi connectivity index (χ4v) is 2.66. The SMILES string of the molecule is CCOC(=O)c1ccc(Nc2ncnc3sccc23)cc1.CN(C)C=O. The van der Waals surface area contributed by atoms with Gasteiger partial charge in [0.05, 0.1) is 17.6 Å². The van der Waals surface area contributed by atoms with Crippen LogP contribution in [0.15, 0.2) is 42.0 Å². The zero-order valence-electron chi connectivity index (χ0n) is 14.8. The number of hydrogen-bond acceptors (Lipinski definition) is 7. The van der Waals surface area contributed by atoms with Gasteiger partial charge in [-0.1, -0.05) is 0 Å². The van der Waals surface area contributed by atoms with Crippen LogP contribution in [0.4, 0.5) is 11.5 Å². The van der Waals surface area contributed by atoms with E-state index in [0.29, 0.717) is 12.2 Å². The van der Waals surface area contributed by atoms with Gasteiger partial charge in [0.15, 0.2) is 0 Å². The second-order valence-electron chi connectivity index (χ2n) is 5.35. The van der Waals surface area contributed by atoms with Crippen LogP contribution in [0.3, 0.4) is 0 Å². The molecule has 3 aromatic rings. The highest BCUT2D eigenvalue weighted by Gasteiger charge is 2.07. The van der Waals surface area contributed by atoms with Crippen molar-refractivity contribution in [2.24, 2.45) is 0 Å². The predicted octanol–water partition coefficient (Wildman–Crippen LogP) is 3.32. The first kappa shape index (κ1) is 19.3. The largest absolute Gasteiger partial charge is 0.462 e. The van der Waals surface area contributed by atoms with Crippen molar-refractivity contribution in [2.75, 3.05) is 26.0 Å². The molecular weight excluding hydrogens is 352 g/mol. The monoisotopic (exact) mass is 372 g/mol. The van der Waals surface area contributed by atoms with Crippen LogP contribution in [0.5, 0.6) is 0 Å². The van der Waals surface area contributed by atoms with Crippen LogP contribution < -0.4 is 5.32 Å². The van der Waals surface area contributed by atoms with E-state index in [1.807, 2.05) is 23.6 Å². The lowest BCUT2D eigenvalue weighted by atomic mass is 10.2. The molecule has 0 spiro atoms. The molecule has 7 nitrogen and oxygen atoms in total. The Kier molecular flexibility index (Phi) is 7.04. The van der Waals surface area contributed by atoms with Gasteiger partial charge in [-0.05, 0) is 42.6 Å². The van der Waals surface area contributed by atoms with Crippen molar-refractivity contribution in [1.82, 2.24) is 14.9 Å². The average molecular weight is 372 g/mol. The molecule has 1 N–H and O–H groups in total. The third kappa shape index (κ3) is 5.25. The quantitative estimate of drug-likeness (QED) is 0.546. The Bertz CT molecular complexity index is 862. The van der Waals surface area contributed by atoms with Crippen molar-refractivity contribution in [3.05, 3.63) is 47.6 Å². The van der Waals surface area contributed by atoms with Gasteiger partial charge in [0.2, 0.25) is 6.41 Å². The van der Waals surface area contributed by atoms with Crippen molar-refractivity contribution in [3.63, 3.8) is 0 Å². The molecule has 0 saturated heterocycles. The third-order valence-corrected chi connectivity index (χ3v) is 3.95. The Hall–Kier alpha value is -3.00. The first-order valence-electron chi connectivity index (χ1n) is 7.89. The maximum Gasteiger partial charge on any atom is 0.338 e. The number of carbonyl (C=O) groups excluding carboxylic acids is 2. The highest BCUT2D eigenvalue weighted by Crippen LogP contribution is 2.26. The summed E-state index contributed by atoms with van der Waals surface area (Å²) in [5, 5.41) is 6.20. The zero-order valence-corrected chi connectivity index (χ0v) is 15.6. The molecule has 1 amide bonds. The number of anilines is 2. The van der Waals surface area contributed by atoms with E-state index in [1.165, 1.54) is 11.2 Å². The van der Waals surface area contributed by atoms with Gasteiger partial charge in [-0.2, -0.15) is 0 Å². The highest BCUT2D eigenvalue weighted by atomic mass is 32.1. The second kappa shape index (κ2) is 9.47. The van der Waals surface area contributed by atoms with Gasteiger partial charge < -0.3 is 15.0 Å². The molecule has 0 aliphatic heterocycles. The molecule has 0 aliphatic rings. The predicted molar refractivity (Wildman–Crippen MR) is 103 cm³/mol. The minimum Gasteiger partial charge on any atom is -0.462 e. The lowest BCUT2D eigenvalue weighted by Gasteiger charge is -2.07. The Morgan fingerprint density at radius 1 is 1.23 bits per heavy atom. The molecule has 2 heterocycles. The molecule has 136 valence electrons. The molecular formula is C18H20N4O3S. The summed E-state index contributed by atoms with van der Waals surface area (Å²) in [5.74, 6) is 0.441. The number of aromatic nitrogens is 2. The standard InChI is InChI=1S/C15H13N3O2S.C3H7NO/c1-2-20-15(19)10-3-5-11(6-4-10)18-13-12-7-8-21-14(12)17-9-16-13;1-4(2)3-5/h3-9H,2H2,1H3,(H,16,17,18);3H,1-2H3. The molecule has 26 heavy (non-hydrogen) atoms. The molecule has 0 unspecified atom stereocenters. The maximum atomic E-state index is 11.6. The Morgan fingerprint density at radius 3 is 2.54 bits per heavy atom. The van der Waals surface area contributed by atoms with E-state index < -0.39 is 0 Å². The van der Waals surface area contributed by atoms with E-state index >= 15 is 0 Å². The minimum absolute atomic E-state index is 0.314. The summed E-state index contributed by atoms with van der Waals surface area (Å²) < 4.78 is 4.95. The van der Waals surface area contributed by atoms with Gasteiger partial charge in [-0.25, -0.2) is 14.8 Å². The van der Waals surface area contributed by atoms with Gasteiger partial charge in [0, 0.05) is 19.8 Å². The van der Waals surface area contributed by atoms with E-state index in [0.717, 1.165) is 28.1 Å². The van der Waals surface area contributed by atoms with Gasteiger partial charge in [-0.3, -0.25) is 4.79 Å². The Balaban J connectivity index is 0.000000431. The smallest absolute Gasteiger partial charge is 0.338 e. The van der Waals surface area contributed by atoms with Crippen LogP contribution in [-0.4, -0.2) is 47.9 Å². The Morgan fingerprint density at radius 2 is 1.92 bits per heavy atom. The van der Waals surface area contributed by atoms with E-state index in [4.69, 9.17) is 4.74 Å². The molecule has 0 fully saturated rings. The van der Waals surface area contributed by atoms with Crippen LogP contribution in [0, 0.1) is 0 Å². The number of nitrogens with zero attached hydrogens (tertiary/aromatic N) is 3. The number of benzene rings is 1. The van der Waals surface area contributed by atoms with Crippen LogP contribution in [0.2, 0.25) is 0 Å². The zero-order chi connectivity index (χ0) is 18.9. The molecule has 2 aromatic heterocycles. The number of ether oxygens (including phenoxy) is 1. The number of amides is 1. The molecule has 1 aromatic carbocycles. The summed E-state index contributed by atoms with van der Waals surface area (Å²) in [6, 6.07) is 9.09. The first-order valence-corrected chi connectivity index (χ1v) is 8.77. The fraction of sp³-hybridized carbons (Fsp3) is 0.222. The van der Waals surface area contributed by atoms with Crippen molar-refractivity contribution in [3.8, 4) is 0 Å². The van der Waals surface area contributed by atoms with Gasteiger partial charge in [0.25, 0.3) is 0 Å². The van der Waals surface area contributed by atoms with E-state index in [2.05, 4.69) is 15.3 Å². The molecule has 0 atom stereocenters. The second-order valence-corrected chi connectivity index (χ2v) is 6.25. The Labute approximate surface area is 155 Å². The van der Waals surface area contributed by atoms with E-state index in [-0.39, 0.29) is 5.97 Å². The van der Waals surface area contributed by atoms with Crippen LogP contribution in [0.25, 0.3) is 10.2 Å². The number of thiophene rings is 1. The maximum absolute atomic E-state index is 11.6. The van der Waals surface area contributed by atoms with Crippen LogP contribution in [-0.2, 0) is 9.53 Å². The number of nitrogens with one attached hydrogen (secondary N) is 1. The van der Waals surface area contributed by atoms with Crippen LogP contribution >= 0.6 is 11.3 Å². The fourth-order valence-electron chi connectivity index (χ4n) is 1.93. The van der Waals surface area contributed by atoms with Gasteiger partial charge in [-0.15, -0.1) is 11.3 Å². The number of esters is 1. The number of fused-ring (bicyclic) bond motifs is 1. The summed E-state index contributed by atoms with van der Waals surface area (Å²) in [4.78, 5) is 31.9. The number of rotatable bonds is 5. The summed E-state index contributed by atoms with van der Waals surface area (Å²) in [6.07, 6.45) is 2.29. The van der Waals surface area contributed by atoms with Crippen molar-refractivity contribution in [2.45, 2.75) is 6.92 Å². The number of hydrogen-bond donors (Lipinski definition) is 1. The summed E-state index contributed by atoms with van der Waals surface area (Å²) in [7, 11) is 3.38. The molecule has 3 rings (SSSR count). The average Bonchev–Trinajstić information content (AvgIpc) is 3.13. The van der Waals surface area contributed by atoms with E-state index in [9.17, 15) is 9.59 Å². The molecule has 0 bridgehead atoms.